The molecule has 1 saturated carbocycles. The lowest BCUT2D eigenvalue weighted by molar-refractivity contribution is -0.133. The van der Waals surface area contributed by atoms with E-state index >= 15 is 0 Å². The van der Waals surface area contributed by atoms with Gasteiger partial charge in [0.25, 0.3) is 0 Å². The van der Waals surface area contributed by atoms with Crippen LogP contribution in [0.2, 0.25) is 0 Å². The van der Waals surface area contributed by atoms with E-state index in [1.165, 1.54) is 5.57 Å². The van der Waals surface area contributed by atoms with Crippen LogP contribution in [0.15, 0.2) is 112 Å². The summed E-state index contributed by atoms with van der Waals surface area (Å²) in [6, 6.07) is 0. The predicted octanol–water partition coefficient (Wildman–Crippen LogP) is 9.50. The second kappa shape index (κ2) is 13.1. The van der Waals surface area contributed by atoms with E-state index < -0.39 is 0 Å². The summed E-state index contributed by atoms with van der Waals surface area (Å²) in [5, 5.41) is 10.3. The first-order valence-corrected chi connectivity index (χ1v) is 16.1. The number of aliphatic hydroxyl groups is 1. The molecule has 4 rings (SSSR count). The van der Waals surface area contributed by atoms with Gasteiger partial charge in [0.15, 0.2) is 0 Å². The summed E-state index contributed by atoms with van der Waals surface area (Å²) in [6.45, 7) is 19.4. The summed E-state index contributed by atoms with van der Waals surface area (Å²) < 4.78 is 11.8. The Hall–Kier alpha value is -3.17. The van der Waals surface area contributed by atoms with Crippen molar-refractivity contribution in [3.63, 3.8) is 0 Å². The molecule has 0 spiro atoms. The molecule has 0 aromatic heterocycles. The third-order valence-electron chi connectivity index (χ3n) is 9.92. The number of hydrogen-bond acceptors (Lipinski definition) is 4. The molecule has 44 heavy (non-hydrogen) atoms. The highest BCUT2D eigenvalue weighted by Gasteiger charge is 2.74. The van der Waals surface area contributed by atoms with Gasteiger partial charge in [-0.25, -0.2) is 4.79 Å². The average Bonchev–Trinajstić information content (AvgIpc) is 3.39. The molecule has 0 unspecified atom stereocenters. The topological polar surface area (TPSA) is 59.1 Å². The average molecular weight is 597 g/mol. The lowest BCUT2D eigenvalue weighted by Crippen LogP contribution is -2.46. The Morgan fingerprint density at radius 3 is 2.32 bits per heavy atom. The molecule has 236 valence electrons. The molecule has 2 fully saturated rings. The fourth-order valence-electron chi connectivity index (χ4n) is 7.36. The molecule has 2 aliphatic carbocycles. The number of allylic oxidation sites excluding steroid dienone is 14. The van der Waals surface area contributed by atoms with Crippen LogP contribution in [0.3, 0.4) is 0 Å². The van der Waals surface area contributed by atoms with Crippen LogP contribution in [0.4, 0.5) is 0 Å². The monoisotopic (exact) mass is 596 g/mol. The summed E-state index contributed by atoms with van der Waals surface area (Å²) in [4.78, 5) is 12.5. The lowest BCUT2D eigenvalue weighted by atomic mass is 9.63. The molecule has 4 nitrogen and oxygen atoms in total. The van der Waals surface area contributed by atoms with E-state index in [9.17, 15) is 9.90 Å². The van der Waals surface area contributed by atoms with E-state index in [4.69, 9.17) is 9.47 Å². The van der Waals surface area contributed by atoms with Gasteiger partial charge in [-0.3, -0.25) is 0 Å². The number of carbonyl (C=O) groups is 1. The molecule has 4 heteroatoms. The second-order valence-electron chi connectivity index (χ2n) is 14.7. The number of carbonyl (C=O) groups excluding carboxylic acids is 1. The molecule has 0 amide bonds. The van der Waals surface area contributed by atoms with Crippen molar-refractivity contribution in [3.8, 4) is 0 Å². The maximum atomic E-state index is 12.5. The number of cyclic esters (lactones) is 1. The first-order chi connectivity index (χ1) is 20.6. The van der Waals surface area contributed by atoms with E-state index in [-0.39, 0.29) is 34.1 Å². The van der Waals surface area contributed by atoms with Crippen LogP contribution in [-0.4, -0.2) is 28.4 Å². The van der Waals surface area contributed by atoms with Crippen molar-refractivity contribution in [2.45, 2.75) is 112 Å². The normalized spacial score (nSPS) is 32.9. The minimum atomic E-state index is -0.306. The SMILES string of the molecule is CC1=C=CCC(C)(C)[C@H]1CCC1=C/C(=C/C(C)=C/C=C/C=C(C)/C=C/C=C(C)/C=C/[C@@]23O[C@]2(C)C[C@@H](O)CC3(C)C)OC1=O. The molecule has 0 radical (unpaired) electrons. The van der Waals surface area contributed by atoms with Gasteiger partial charge in [0.1, 0.15) is 17.0 Å². The Morgan fingerprint density at radius 2 is 1.64 bits per heavy atom. The smallest absolute Gasteiger partial charge is 0.339 e. The zero-order chi connectivity index (χ0) is 32.3. The van der Waals surface area contributed by atoms with Crippen molar-refractivity contribution >= 4 is 5.97 Å². The van der Waals surface area contributed by atoms with Crippen molar-refractivity contribution < 1.29 is 19.4 Å². The van der Waals surface area contributed by atoms with Crippen LogP contribution in [0, 0.1) is 16.7 Å². The molecule has 2 aliphatic heterocycles. The zero-order valence-corrected chi connectivity index (χ0v) is 28.3. The summed E-state index contributed by atoms with van der Waals surface area (Å²) in [6.07, 6.45) is 28.4. The van der Waals surface area contributed by atoms with Crippen molar-refractivity contribution in [1.82, 2.24) is 0 Å². The Bertz CT molecular complexity index is 1460. The highest BCUT2D eigenvalue weighted by Crippen LogP contribution is 2.66. The number of aliphatic hydroxyl groups excluding tert-OH is 1. The molecular weight excluding hydrogens is 544 g/mol. The lowest BCUT2D eigenvalue weighted by Gasteiger charge is -2.39. The summed E-state index contributed by atoms with van der Waals surface area (Å²) >= 11 is 0. The summed E-state index contributed by atoms with van der Waals surface area (Å²) in [7, 11) is 0. The van der Waals surface area contributed by atoms with Crippen molar-refractivity contribution in [2.24, 2.45) is 16.7 Å². The van der Waals surface area contributed by atoms with Gasteiger partial charge in [-0.05, 0) is 107 Å². The summed E-state index contributed by atoms with van der Waals surface area (Å²) in [5.41, 5.74) is 8.20. The first kappa shape index (κ1) is 33.7. The van der Waals surface area contributed by atoms with Crippen LogP contribution in [-0.2, 0) is 14.3 Å². The number of ether oxygens (including phenoxy) is 2. The molecule has 2 heterocycles. The van der Waals surface area contributed by atoms with E-state index in [1.54, 1.807) is 0 Å². The number of epoxide rings is 1. The molecule has 0 aromatic rings. The first-order valence-electron chi connectivity index (χ1n) is 16.1. The third kappa shape index (κ3) is 7.54. The molecular formula is C40H52O4. The minimum Gasteiger partial charge on any atom is -0.423 e. The maximum absolute atomic E-state index is 12.5. The highest BCUT2D eigenvalue weighted by molar-refractivity contribution is 5.92. The standard InChI is InChI=1S/C40H52O4/c1-28(16-12-17-29(2)21-23-40-38(7,8)26-33(41)27-39(40,9)44-40)14-10-11-15-30(3)24-34-25-32(36(42)43-34)19-20-35-31(4)18-13-22-37(35,5)6/h10-17,21,23-25,33,35,41H,19-20,22,26-27H2,1-9H3/b11-10+,16-12+,23-21+,28-14+,29-17+,30-15+,34-24-/t33-,35-,39+,40-/m0/s1. The molecule has 4 aliphatic rings. The maximum Gasteiger partial charge on any atom is 0.339 e. The van der Waals surface area contributed by atoms with Gasteiger partial charge in [0.2, 0.25) is 0 Å². The van der Waals surface area contributed by atoms with Crippen LogP contribution >= 0.6 is 0 Å². The van der Waals surface area contributed by atoms with Gasteiger partial charge in [-0.15, -0.1) is 5.73 Å². The van der Waals surface area contributed by atoms with Crippen molar-refractivity contribution in [1.29, 1.82) is 0 Å². The Morgan fingerprint density at radius 1 is 0.977 bits per heavy atom. The predicted molar refractivity (Wildman–Crippen MR) is 181 cm³/mol. The van der Waals surface area contributed by atoms with Crippen molar-refractivity contribution in [2.75, 3.05) is 0 Å². The van der Waals surface area contributed by atoms with E-state index in [1.807, 2.05) is 37.3 Å². The van der Waals surface area contributed by atoms with Crippen molar-refractivity contribution in [3.05, 3.63) is 112 Å². The van der Waals surface area contributed by atoms with Gasteiger partial charge in [-0.1, -0.05) is 87.4 Å². The van der Waals surface area contributed by atoms with E-state index in [0.29, 0.717) is 24.5 Å². The quantitative estimate of drug-likeness (QED) is 0.118. The zero-order valence-electron chi connectivity index (χ0n) is 28.3. The van der Waals surface area contributed by atoms with E-state index in [2.05, 4.69) is 104 Å². The molecule has 1 N–H and O–H groups in total. The van der Waals surface area contributed by atoms with Gasteiger partial charge in [0, 0.05) is 17.4 Å². The van der Waals surface area contributed by atoms with E-state index in [0.717, 1.165) is 41.6 Å². The van der Waals surface area contributed by atoms with Gasteiger partial charge >= 0.3 is 5.97 Å². The van der Waals surface area contributed by atoms with Crippen LogP contribution in [0.1, 0.15) is 94.4 Å². The van der Waals surface area contributed by atoms with Gasteiger partial charge < -0.3 is 14.6 Å². The number of fused-ring (bicyclic) bond motifs is 1. The van der Waals surface area contributed by atoms with Crippen LogP contribution < -0.4 is 0 Å². The second-order valence-corrected chi connectivity index (χ2v) is 14.7. The highest BCUT2D eigenvalue weighted by atomic mass is 16.6. The molecule has 4 atom stereocenters. The Kier molecular flexibility index (Phi) is 10.0. The largest absolute Gasteiger partial charge is 0.423 e. The Balaban J connectivity index is 1.28. The van der Waals surface area contributed by atoms with Crippen LogP contribution in [0.5, 0.6) is 0 Å². The summed E-state index contributed by atoms with van der Waals surface area (Å²) in [5.74, 6) is 0.797. The number of rotatable bonds is 10. The van der Waals surface area contributed by atoms with Gasteiger partial charge in [0.05, 0.1) is 6.10 Å². The number of hydrogen-bond donors (Lipinski definition) is 1. The fourth-order valence-corrected chi connectivity index (χ4v) is 7.36. The number of esters is 1. The fraction of sp³-hybridized carbons (Fsp3) is 0.500. The third-order valence-corrected chi connectivity index (χ3v) is 9.92. The molecule has 0 bridgehead atoms. The van der Waals surface area contributed by atoms with Crippen LogP contribution in [0.25, 0.3) is 0 Å². The minimum absolute atomic E-state index is 0.108. The molecule has 0 aromatic carbocycles. The Labute approximate surface area is 265 Å². The van der Waals surface area contributed by atoms with Gasteiger partial charge in [-0.2, -0.15) is 0 Å². The molecule has 1 saturated heterocycles.